The first-order valence-corrected chi connectivity index (χ1v) is 6.53. The summed E-state index contributed by atoms with van der Waals surface area (Å²) in [7, 11) is 0. The number of rotatable bonds is 5. The van der Waals surface area contributed by atoms with E-state index < -0.39 is 0 Å². The van der Waals surface area contributed by atoms with Crippen molar-refractivity contribution in [2.75, 3.05) is 11.9 Å². The van der Waals surface area contributed by atoms with Crippen LogP contribution in [0.1, 0.15) is 20.3 Å². The lowest BCUT2D eigenvalue weighted by atomic mass is 10.1. The molecule has 100 valence electrons. The number of nitrogens with zero attached hydrogens (tertiary/aromatic N) is 1. The van der Waals surface area contributed by atoms with Crippen LogP contribution in [-0.2, 0) is 4.79 Å². The van der Waals surface area contributed by atoms with E-state index >= 15 is 0 Å². The van der Waals surface area contributed by atoms with Gasteiger partial charge in [-0.05, 0) is 12.1 Å². The molecule has 0 saturated carbocycles. The van der Waals surface area contributed by atoms with Gasteiger partial charge in [-0.15, -0.1) is 0 Å². The predicted octanol–water partition coefficient (Wildman–Crippen LogP) is 2.56. The maximum Gasteiger partial charge on any atom is 0.225 e. The minimum absolute atomic E-state index is 0.0254. The lowest BCUT2D eigenvalue weighted by molar-refractivity contribution is -0.116. The maximum absolute atomic E-state index is 11.9. The molecule has 0 saturated heterocycles. The molecule has 0 aliphatic carbocycles. The number of carbonyl (C=O) groups is 1. The van der Waals surface area contributed by atoms with Crippen molar-refractivity contribution in [3.63, 3.8) is 0 Å². The quantitative estimate of drug-likeness (QED) is 0.865. The Kier molecular flexibility index (Phi) is 4.47. The maximum atomic E-state index is 11.9. The summed E-state index contributed by atoms with van der Waals surface area (Å²) in [6.45, 7) is 4.82. The second kappa shape index (κ2) is 6.29. The minimum atomic E-state index is 0.0254. The first kappa shape index (κ1) is 13.5. The molecule has 0 unspecified atom stereocenters. The van der Waals surface area contributed by atoms with E-state index in [1.165, 1.54) is 0 Å². The third-order valence-electron chi connectivity index (χ3n) is 2.86. The Morgan fingerprint density at radius 2 is 2.16 bits per heavy atom. The highest BCUT2D eigenvalue weighted by atomic mass is 16.1. The molecule has 19 heavy (non-hydrogen) atoms. The number of nitrogens with one attached hydrogen (secondary N) is 2. The number of pyridine rings is 1. The fourth-order valence-electron chi connectivity index (χ4n) is 1.92. The predicted molar refractivity (Wildman–Crippen MR) is 78.1 cm³/mol. The lowest BCUT2D eigenvalue weighted by Crippen LogP contribution is -2.27. The van der Waals surface area contributed by atoms with Gasteiger partial charge in [0.15, 0.2) is 0 Å². The molecule has 2 N–H and O–H groups in total. The minimum Gasteiger partial charge on any atom is -0.325 e. The van der Waals surface area contributed by atoms with Crippen molar-refractivity contribution in [3.05, 3.63) is 36.7 Å². The first-order valence-electron chi connectivity index (χ1n) is 6.53. The summed E-state index contributed by atoms with van der Waals surface area (Å²) in [5.74, 6) is 0.0254. The molecule has 2 rings (SSSR count). The molecule has 1 heterocycles. The van der Waals surface area contributed by atoms with Crippen LogP contribution in [0.4, 0.5) is 5.69 Å². The van der Waals surface area contributed by atoms with Gasteiger partial charge in [0, 0.05) is 47.9 Å². The standard InChI is InChI=1S/C15H19N3O/c1-11(2)17-9-7-15(19)18-14-5-3-4-12-10-16-8-6-13(12)14/h3-6,8,10-11,17H,7,9H2,1-2H3,(H,18,19). The number of fused-ring (bicyclic) bond motifs is 1. The highest BCUT2D eigenvalue weighted by Gasteiger charge is 2.05. The van der Waals surface area contributed by atoms with Crippen LogP contribution >= 0.6 is 0 Å². The summed E-state index contributed by atoms with van der Waals surface area (Å²) >= 11 is 0. The summed E-state index contributed by atoms with van der Waals surface area (Å²) in [5, 5.41) is 8.23. The highest BCUT2D eigenvalue weighted by Crippen LogP contribution is 2.22. The summed E-state index contributed by atoms with van der Waals surface area (Å²) < 4.78 is 0. The van der Waals surface area contributed by atoms with Crippen molar-refractivity contribution in [1.82, 2.24) is 10.3 Å². The Labute approximate surface area is 113 Å². The zero-order valence-corrected chi connectivity index (χ0v) is 11.3. The Morgan fingerprint density at radius 1 is 1.32 bits per heavy atom. The Bertz CT molecular complexity index is 561. The van der Waals surface area contributed by atoms with E-state index in [2.05, 4.69) is 29.5 Å². The van der Waals surface area contributed by atoms with Crippen LogP contribution in [0.5, 0.6) is 0 Å². The molecule has 4 nitrogen and oxygen atoms in total. The molecule has 2 aromatic rings. The molecular formula is C15H19N3O. The van der Waals surface area contributed by atoms with Crippen molar-refractivity contribution in [3.8, 4) is 0 Å². The number of hydrogen-bond acceptors (Lipinski definition) is 3. The number of benzene rings is 1. The normalized spacial score (nSPS) is 10.9. The molecule has 0 atom stereocenters. The van der Waals surface area contributed by atoms with Gasteiger partial charge in [0.05, 0.1) is 0 Å². The van der Waals surface area contributed by atoms with Gasteiger partial charge in [-0.3, -0.25) is 9.78 Å². The summed E-state index contributed by atoms with van der Waals surface area (Å²) in [4.78, 5) is 16.0. The summed E-state index contributed by atoms with van der Waals surface area (Å²) in [6, 6.07) is 8.13. The molecule has 1 amide bonds. The number of amides is 1. The fraction of sp³-hybridized carbons (Fsp3) is 0.333. The van der Waals surface area contributed by atoms with E-state index in [9.17, 15) is 4.79 Å². The molecule has 0 spiro atoms. The van der Waals surface area contributed by atoms with Gasteiger partial charge in [-0.1, -0.05) is 26.0 Å². The SMILES string of the molecule is CC(C)NCCC(=O)Nc1cccc2cnccc12. The van der Waals surface area contributed by atoms with Crippen LogP contribution in [0.15, 0.2) is 36.7 Å². The van der Waals surface area contributed by atoms with Crippen molar-refractivity contribution >= 4 is 22.4 Å². The van der Waals surface area contributed by atoms with E-state index in [4.69, 9.17) is 0 Å². The Hall–Kier alpha value is -1.94. The van der Waals surface area contributed by atoms with Gasteiger partial charge in [0.25, 0.3) is 0 Å². The second-order valence-electron chi connectivity index (χ2n) is 4.81. The molecule has 4 heteroatoms. The number of aromatic nitrogens is 1. The summed E-state index contributed by atoms with van der Waals surface area (Å²) in [6.07, 6.45) is 4.00. The van der Waals surface area contributed by atoms with Gasteiger partial charge in [-0.2, -0.15) is 0 Å². The van der Waals surface area contributed by atoms with Crippen LogP contribution in [0.3, 0.4) is 0 Å². The van der Waals surface area contributed by atoms with Crippen molar-refractivity contribution in [1.29, 1.82) is 0 Å². The molecule has 0 radical (unpaired) electrons. The highest BCUT2D eigenvalue weighted by molar-refractivity contribution is 6.01. The van der Waals surface area contributed by atoms with Crippen molar-refractivity contribution in [2.24, 2.45) is 0 Å². The van der Waals surface area contributed by atoms with Crippen molar-refractivity contribution in [2.45, 2.75) is 26.3 Å². The van der Waals surface area contributed by atoms with E-state index in [0.29, 0.717) is 19.0 Å². The van der Waals surface area contributed by atoms with Crippen molar-refractivity contribution < 1.29 is 4.79 Å². The van der Waals surface area contributed by atoms with Gasteiger partial charge in [0.1, 0.15) is 0 Å². The second-order valence-corrected chi connectivity index (χ2v) is 4.81. The van der Waals surface area contributed by atoms with Crippen LogP contribution < -0.4 is 10.6 Å². The van der Waals surface area contributed by atoms with Gasteiger partial charge >= 0.3 is 0 Å². The molecule has 0 aliphatic rings. The third kappa shape index (κ3) is 3.76. The van der Waals surface area contributed by atoms with E-state index in [0.717, 1.165) is 16.5 Å². The smallest absolute Gasteiger partial charge is 0.225 e. The molecule has 0 fully saturated rings. The Morgan fingerprint density at radius 3 is 2.95 bits per heavy atom. The van der Waals surface area contributed by atoms with Gasteiger partial charge in [-0.25, -0.2) is 0 Å². The van der Waals surface area contributed by atoms with E-state index in [1.54, 1.807) is 12.4 Å². The van der Waals surface area contributed by atoms with Gasteiger partial charge < -0.3 is 10.6 Å². The molecule has 1 aromatic heterocycles. The van der Waals surface area contributed by atoms with Crippen LogP contribution in [0.2, 0.25) is 0 Å². The van der Waals surface area contributed by atoms with Crippen LogP contribution in [0, 0.1) is 0 Å². The van der Waals surface area contributed by atoms with E-state index in [-0.39, 0.29) is 5.91 Å². The monoisotopic (exact) mass is 257 g/mol. The number of anilines is 1. The first-order chi connectivity index (χ1) is 9.16. The van der Waals surface area contributed by atoms with Crippen LogP contribution in [-0.4, -0.2) is 23.5 Å². The molecular weight excluding hydrogens is 238 g/mol. The topological polar surface area (TPSA) is 54.0 Å². The average molecular weight is 257 g/mol. The lowest BCUT2D eigenvalue weighted by Gasteiger charge is -2.10. The number of hydrogen-bond donors (Lipinski definition) is 2. The van der Waals surface area contributed by atoms with Crippen LogP contribution in [0.25, 0.3) is 10.8 Å². The van der Waals surface area contributed by atoms with Gasteiger partial charge in [0.2, 0.25) is 5.91 Å². The summed E-state index contributed by atoms with van der Waals surface area (Å²) in [5.41, 5.74) is 0.842. The third-order valence-corrected chi connectivity index (χ3v) is 2.86. The zero-order valence-electron chi connectivity index (χ0n) is 11.3. The molecule has 0 bridgehead atoms. The Balaban J connectivity index is 2.03. The largest absolute Gasteiger partial charge is 0.325 e. The molecule has 0 aliphatic heterocycles. The number of carbonyl (C=O) groups excluding carboxylic acids is 1. The molecule has 1 aromatic carbocycles. The van der Waals surface area contributed by atoms with E-state index in [1.807, 2.05) is 24.3 Å². The zero-order chi connectivity index (χ0) is 13.7. The fourth-order valence-corrected chi connectivity index (χ4v) is 1.92. The average Bonchev–Trinajstić information content (AvgIpc) is 2.39.